The molecule has 0 fully saturated rings. The summed E-state index contributed by atoms with van der Waals surface area (Å²) in [7, 11) is 0. The highest BCUT2D eigenvalue weighted by Crippen LogP contribution is 2.28. The third kappa shape index (κ3) is 2.49. The zero-order chi connectivity index (χ0) is 14.1. The van der Waals surface area contributed by atoms with Crippen molar-refractivity contribution in [3.8, 4) is 0 Å². The van der Waals surface area contributed by atoms with E-state index in [2.05, 4.69) is 10.3 Å². The van der Waals surface area contributed by atoms with Crippen LogP contribution in [0, 0.1) is 6.92 Å². The van der Waals surface area contributed by atoms with Crippen LogP contribution in [0.15, 0.2) is 42.5 Å². The summed E-state index contributed by atoms with van der Waals surface area (Å²) in [4.78, 5) is 3.34. The van der Waals surface area contributed by atoms with E-state index in [9.17, 15) is 0 Å². The van der Waals surface area contributed by atoms with Gasteiger partial charge in [0.15, 0.2) is 0 Å². The molecule has 0 spiro atoms. The van der Waals surface area contributed by atoms with Gasteiger partial charge in [-0.3, -0.25) is 0 Å². The van der Waals surface area contributed by atoms with Crippen molar-refractivity contribution in [1.29, 1.82) is 0 Å². The number of hydrogen-bond acceptors (Lipinski definition) is 1. The Labute approximate surface area is 127 Å². The van der Waals surface area contributed by atoms with Gasteiger partial charge in [-0.1, -0.05) is 47.5 Å². The molecule has 3 aromatic rings. The molecule has 2 nitrogen and oxygen atoms in total. The number of H-pyrrole nitrogens is 1. The predicted molar refractivity (Wildman–Crippen MR) is 86.8 cm³/mol. The highest BCUT2D eigenvalue weighted by atomic mass is 35.5. The average molecular weight is 305 g/mol. The van der Waals surface area contributed by atoms with Gasteiger partial charge in [-0.25, -0.2) is 0 Å². The van der Waals surface area contributed by atoms with Crippen LogP contribution in [-0.2, 0) is 6.54 Å². The highest BCUT2D eigenvalue weighted by Gasteiger charge is 2.09. The van der Waals surface area contributed by atoms with Crippen LogP contribution in [0.2, 0.25) is 10.0 Å². The number of fused-ring (bicyclic) bond motifs is 1. The summed E-state index contributed by atoms with van der Waals surface area (Å²) in [5.41, 5.74) is 4.21. The van der Waals surface area contributed by atoms with E-state index >= 15 is 0 Å². The van der Waals surface area contributed by atoms with Crippen LogP contribution in [0.25, 0.3) is 10.9 Å². The monoisotopic (exact) mass is 304 g/mol. The first kappa shape index (κ1) is 13.3. The predicted octanol–water partition coefficient (Wildman–Crippen LogP) is 5.40. The highest BCUT2D eigenvalue weighted by molar-refractivity contribution is 6.36. The summed E-state index contributed by atoms with van der Waals surface area (Å²) in [6.07, 6.45) is 0. The Balaban J connectivity index is 1.87. The molecule has 0 radical (unpaired) electrons. The van der Waals surface area contributed by atoms with Crippen LogP contribution in [0.1, 0.15) is 11.3 Å². The van der Waals surface area contributed by atoms with E-state index in [0.29, 0.717) is 6.54 Å². The van der Waals surface area contributed by atoms with Crippen molar-refractivity contribution in [2.45, 2.75) is 13.5 Å². The fourth-order valence-electron chi connectivity index (χ4n) is 2.25. The van der Waals surface area contributed by atoms with E-state index in [-0.39, 0.29) is 0 Å². The molecule has 2 aromatic carbocycles. The minimum Gasteiger partial charge on any atom is -0.379 e. The van der Waals surface area contributed by atoms with Crippen LogP contribution in [0.5, 0.6) is 0 Å². The van der Waals surface area contributed by atoms with Crippen LogP contribution < -0.4 is 5.32 Å². The molecule has 0 atom stereocenters. The van der Waals surface area contributed by atoms with Gasteiger partial charge in [0, 0.05) is 21.6 Å². The maximum Gasteiger partial charge on any atom is 0.0710 e. The van der Waals surface area contributed by atoms with Gasteiger partial charge in [-0.05, 0) is 30.7 Å². The van der Waals surface area contributed by atoms with E-state index in [4.69, 9.17) is 23.2 Å². The second-order valence-corrected chi connectivity index (χ2v) is 5.59. The van der Waals surface area contributed by atoms with Crippen molar-refractivity contribution in [2.75, 3.05) is 5.32 Å². The Bertz CT molecular complexity index is 762. The molecule has 102 valence electrons. The SMILES string of the molecule is Cc1ccc(Cl)cc1NCc1[nH]c2ccccc2c1Cl. The Hall–Kier alpha value is -1.64. The smallest absolute Gasteiger partial charge is 0.0710 e. The molecule has 0 aliphatic rings. The van der Waals surface area contributed by atoms with E-state index in [1.165, 1.54) is 0 Å². The molecule has 0 amide bonds. The molecule has 0 saturated carbocycles. The van der Waals surface area contributed by atoms with Crippen LogP contribution >= 0.6 is 23.2 Å². The number of aromatic amines is 1. The largest absolute Gasteiger partial charge is 0.379 e. The molecular weight excluding hydrogens is 291 g/mol. The second kappa shape index (κ2) is 5.39. The normalized spacial score (nSPS) is 10.9. The lowest BCUT2D eigenvalue weighted by Gasteiger charge is -2.09. The molecule has 3 rings (SSSR count). The van der Waals surface area contributed by atoms with Gasteiger partial charge >= 0.3 is 0 Å². The molecule has 0 bridgehead atoms. The summed E-state index contributed by atoms with van der Waals surface area (Å²) in [6, 6.07) is 13.8. The topological polar surface area (TPSA) is 27.8 Å². The van der Waals surface area contributed by atoms with Crippen molar-refractivity contribution < 1.29 is 0 Å². The van der Waals surface area contributed by atoms with Crippen LogP contribution in [0.3, 0.4) is 0 Å². The molecule has 1 heterocycles. The molecule has 1 aromatic heterocycles. The van der Waals surface area contributed by atoms with Gasteiger partial charge in [-0.15, -0.1) is 0 Å². The lowest BCUT2D eigenvalue weighted by molar-refractivity contribution is 1.08. The first-order chi connectivity index (χ1) is 9.65. The van der Waals surface area contributed by atoms with Gasteiger partial charge in [0.2, 0.25) is 0 Å². The fraction of sp³-hybridized carbons (Fsp3) is 0.125. The fourth-order valence-corrected chi connectivity index (χ4v) is 2.70. The Morgan fingerprint density at radius 1 is 1.10 bits per heavy atom. The van der Waals surface area contributed by atoms with Crippen LogP contribution in [-0.4, -0.2) is 4.98 Å². The number of benzene rings is 2. The molecule has 0 aliphatic carbocycles. The zero-order valence-corrected chi connectivity index (χ0v) is 12.5. The van der Waals surface area contributed by atoms with E-state index in [0.717, 1.165) is 37.9 Å². The standard InChI is InChI=1S/C16H14Cl2N2/c1-10-6-7-11(17)8-14(10)19-9-15-16(18)12-4-2-3-5-13(12)20-15/h2-8,19-20H,9H2,1H3. The van der Waals surface area contributed by atoms with Crippen LogP contribution in [0.4, 0.5) is 5.69 Å². The molecule has 20 heavy (non-hydrogen) atoms. The summed E-state index contributed by atoms with van der Waals surface area (Å²) in [5, 5.41) is 5.92. The summed E-state index contributed by atoms with van der Waals surface area (Å²) in [5.74, 6) is 0. The summed E-state index contributed by atoms with van der Waals surface area (Å²) >= 11 is 12.4. The molecule has 0 unspecified atom stereocenters. The number of hydrogen-bond donors (Lipinski definition) is 2. The minimum absolute atomic E-state index is 0.634. The first-order valence-electron chi connectivity index (χ1n) is 6.40. The third-order valence-electron chi connectivity index (χ3n) is 3.37. The maximum atomic E-state index is 6.40. The Morgan fingerprint density at radius 2 is 1.90 bits per heavy atom. The first-order valence-corrected chi connectivity index (χ1v) is 7.16. The molecular formula is C16H14Cl2N2. The summed E-state index contributed by atoms with van der Waals surface area (Å²) < 4.78 is 0. The molecule has 0 saturated heterocycles. The zero-order valence-electron chi connectivity index (χ0n) is 11.0. The number of para-hydroxylation sites is 1. The van der Waals surface area contributed by atoms with Gasteiger partial charge in [0.05, 0.1) is 17.3 Å². The number of aromatic nitrogens is 1. The Kier molecular flexibility index (Phi) is 3.60. The lowest BCUT2D eigenvalue weighted by atomic mass is 10.2. The number of anilines is 1. The van der Waals surface area contributed by atoms with Gasteiger partial charge in [0.1, 0.15) is 0 Å². The minimum atomic E-state index is 0.634. The van der Waals surface area contributed by atoms with Crippen molar-refractivity contribution >= 4 is 39.8 Å². The van der Waals surface area contributed by atoms with E-state index in [1.807, 2.05) is 49.4 Å². The van der Waals surface area contributed by atoms with Crippen molar-refractivity contribution in [1.82, 2.24) is 4.98 Å². The van der Waals surface area contributed by atoms with E-state index in [1.54, 1.807) is 0 Å². The third-order valence-corrected chi connectivity index (χ3v) is 4.04. The van der Waals surface area contributed by atoms with Gasteiger partial charge < -0.3 is 10.3 Å². The average Bonchev–Trinajstić information content (AvgIpc) is 2.77. The number of nitrogens with one attached hydrogen (secondary N) is 2. The number of rotatable bonds is 3. The number of halogens is 2. The Morgan fingerprint density at radius 3 is 2.70 bits per heavy atom. The number of aryl methyl sites for hydroxylation is 1. The van der Waals surface area contributed by atoms with Gasteiger partial charge in [0.25, 0.3) is 0 Å². The quantitative estimate of drug-likeness (QED) is 0.666. The molecule has 4 heteroatoms. The van der Waals surface area contributed by atoms with Crippen molar-refractivity contribution in [3.05, 3.63) is 63.8 Å². The maximum absolute atomic E-state index is 6.40. The summed E-state index contributed by atoms with van der Waals surface area (Å²) in [6.45, 7) is 2.68. The molecule has 0 aliphatic heterocycles. The second-order valence-electron chi connectivity index (χ2n) is 4.78. The van der Waals surface area contributed by atoms with Crippen molar-refractivity contribution in [2.24, 2.45) is 0 Å². The van der Waals surface area contributed by atoms with E-state index < -0.39 is 0 Å². The van der Waals surface area contributed by atoms with Crippen molar-refractivity contribution in [3.63, 3.8) is 0 Å². The lowest BCUT2D eigenvalue weighted by Crippen LogP contribution is -2.01. The molecule has 2 N–H and O–H groups in total. The van der Waals surface area contributed by atoms with Gasteiger partial charge in [-0.2, -0.15) is 0 Å².